The van der Waals surface area contributed by atoms with Crippen LogP contribution in [0.5, 0.6) is 0 Å². The molecule has 1 saturated heterocycles. The predicted molar refractivity (Wildman–Crippen MR) is 100 cm³/mol. The quantitative estimate of drug-likeness (QED) is 0.752. The van der Waals surface area contributed by atoms with E-state index in [4.69, 9.17) is 4.42 Å². The molecule has 7 heteroatoms. The molecule has 0 radical (unpaired) electrons. The second-order valence-electron chi connectivity index (χ2n) is 6.81. The topological polar surface area (TPSA) is 80.4 Å². The maximum atomic E-state index is 12.8. The monoisotopic (exact) mass is 366 g/mol. The smallest absolute Gasteiger partial charge is 0.275 e. The Morgan fingerprint density at radius 3 is 2.67 bits per heavy atom. The van der Waals surface area contributed by atoms with E-state index in [9.17, 15) is 9.59 Å². The standard InChI is InChI=1S/C20H22N4O3/c1-14-8-9-15(27-14)12-21-18(25)13-24-17-7-3-2-6-16(17)19(22-24)20(26)23-10-4-5-11-23/h2-3,6-9H,4-5,10-13H2,1H3,(H,21,25). The van der Waals surface area contributed by atoms with E-state index in [0.29, 0.717) is 18.0 Å². The Balaban J connectivity index is 1.52. The van der Waals surface area contributed by atoms with Gasteiger partial charge in [0.15, 0.2) is 5.69 Å². The van der Waals surface area contributed by atoms with Gasteiger partial charge in [-0.05, 0) is 38.0 Å². The number of nitrogens with zero attached hydrogens (tertiary/aromatic N) is 3. The van der Waals surface area contributed by atoms with E-state index >= 15 is 0 Å². The summed E-state index contributed by atoms with van der Waals surface area (Å²) >= 11 is 0. The lowest BCUT2D eigenvalue weighted by molar-refractivity contribution is -0.122. The van der Waals surface area contributed by atoms with Gasteiger partial charge in [-0.3, -0.25) is 14.3 Å². The van der Waals surface area contributed by atoms with Crippen LogP contribution < -0.4 is 5.32 Å². The summed E-state index contributed by atoms with van der Waals surface area (Å²) in [5.74, 6) is 1.27. The molecular weight excluding hydrogens is 344 g/mol. The number of likely N-dealkylation sites (tertiary alicyclic amines) is 1. The molecule has 0 atom stereocenters. The van der Waals surface area contributed by atoms with Gasteiger partial charge in [0.1, 0.15) is 18.1 Å². The number of aromatic nitrogens is 2. The van der Waals surface area contributed by atoms with E-state index in [2.05, 4.69) is 10.4 Å². The van der Waals surface area contributed by atoms with Gasteiger partial charge in [0.05, 0.1) is 12.1 Å². The van der Waals surface area contributed by atoms with Crippen LogP contribution in [0.2, 0.25) is 0 Å². The predicted octanol–water partition coefficient (Wildman–Crippen LogP) is 2.49. The van der Waals surface area contributed by atoms with Crippen LogP contribution in [0, 0.1) is 6.92 Å². The van der Waals surface area contributed by atoms with Crippen molar-refractivity contribution in [3.63, 3.8) is 0 Å². The fourth-order valence-electron chi connectivity index (χ4n) is 3.43. The number of fused-ring (bicyclic) bond motifs is 1. The van der Waals surface area contributed by atoms with Crippen molar-refractivity contribution < 1.29 is 14.0 Å². The molecule has 2 amide bonds. The SMILES string of the molecule is Cc1ccc(CNC(=O)Cn2nc(C(=O)N3CCCC3)c3ccccc32)o1. The van der Waals surface area contributed by atoms with Gasteiger partial charge in [0.2, 0.25) is 5.91 Å². The van der Waals surface area contributed by atoms with Crippen LogP contribution >= 0.6 is 0 Å². The third-order valence-electron chi connectivity index (χ3n) is 4.80. The highest BCUT2D eigenvalue weighted by Gasteiger charge is 2.25. The van der Waals surface area contributed by atoms with Gasteiger partial charge in [0, 0.05) is 18.5 Å². The summed E-state index contributed by atoms with van der Waals surface area (Å²) in [5, 5.41) is 8.09. The highest BCUT2D eigenvalue weighted by atomic mass is 16.3. The van der Waals surface area contributed by atoms with Gasteiger partial charge >= 0.3 is 0 Å². The van der Waals surface area contributed by atoms with E-state index in [1.165, 1.54) is 0 Å². The van der Waals surface area contributed by atoms with E-state index in [1.807, 2.05) is 48.2 Å². The second-order valence-corrected chi connectivity index (χ2v) is 6.81. The number of rotatable bonds is 5. The summed E-state index contributed by atoms with van der Waals surface area (Å²) < 4.78 is 7.06. The number of nitrogens with one attached hydrogen (secondary N) is 1. The van der Waals surface area contributed by atoms with Crippen LogP contribution in [0.25, 0.3) is 10.9 Å². The number of aryl methyl sites for hydroxylation is 1. The van der Waals surface area contributed by atoms with Crippen molar-refractivity contribution in [2.24, 2.45) is 0 Å². The van der Waals surface area contributed by atoms with Gasteiger partial charge in [-0.2, -0.15) is 5.10 Å². The van der Waals surface area contributed by atoms with Crippen molar-refractivity contribution in [3.05, 3.63) is 53.6 Å². The van der Waals surface area contributed by atoms with E-state index in [1.54, 1.807) is 4.68 Å². The molecule has 1 N–H and O–H groups in total. The molecule has 7 nitrogen and oxygen atoms in total. The molecule has 0 aliphatic carbocycles. The van der Waals surface area contributed by atoms with Gasteiger partial charge < -0.3 is 14.6 Å². The summed E-state index contributed by atoms with van der Waals surface area (Å²) in [4.78, 5) is 27.0. The van der Waals surface area contributed by atoms with Crippen molar-refractivity contribution in [1.82, 2.24) is 20.0 Å². The Bertz CT molecular complexity index is 982. The molecule has 0 saturated carbocycles. The fraction of sp³-hybridized carbons (Fsp3) is 0.350. The molecule has 1 fully saturated rings. The van der Waals surface area contributed by atoms with Gasteiger partial charge in [-0.1, -0.05) is 18.2 Å². The van der Waals surface area contributed by atoms with Crippen LogP contribution in [0.15, 0.2) is 40.8 Å². The fourth-order valence-corrected chi connectivity index (χ4v) is 3.43. The highest BCUT2D eigenvalue weighted by molar-refractivity contribution is 6.05. The molecule has 0 spiro atoms. The number of benzene rings is 1. The molecule has 3 aromatic rings. The summed E-state index contributed by atoms with van der Waals surface area (Å²) in [6.45, 7) is 3.77. The summed E-state index contributed by atoms with van der Waals surface area (Å²) in [6, 6.07) is 11.2. The van der Waals surface area contributed by atoms with Crippen molar-refractivity contribution in [2.75, 3.05) is 13.1 Å². The third kappa shape index (κ3) is 3.58. The average molecular weight is 366 g/mol. The first kappa shape index (κ1) is 17.3. The zero-order valence-electron chi connectivity index (χ0n) is 15.3. The molecule has 0 bridgehead atoms. The molecular formula is C20H22N4O3. The maximum absolute atomic E-state index is 12.8. The zero-order valence-corrected chi connectivity index (χ0v) is 15.3. The minimum absolute atomic E-state index is 0.0491. The number of hydrogen-bond acceptors (Lipinski definition) is 4. The first-order chi connectivity index (χ1) is 13.1. The largest absolute Gasteiger partial charge is 0.465 e. The van der Waals surface area contributed by atoms with Crippen LogP contribution in [0.4, 0.5) is 0 Å². The first-order valence-electron chi connectivity index (χ1n) is 9.18. The summed E-state index contributed by atoms with van der Waals surface area (Å²) in [7, 11) is 0. The van der Waals surface area contributed by atoms with Crippen LogP contribution in [0.1, 0.15) is 34.9 Å². The molecule has 2 aromatic heterocycles. The van der Waals surface area contributed by atoms with E-state index in [-0.39, 0.29) is 18.4 Å². The van der Waals surface area contributed by atoms with Crippen molar-refractivity contribution in [2.45, 2.75) is 32.9 Å². The molecule has 1 aliphatic heterocycles. The van der Waals surface area contributed by atoms with Gasteiger partial charge in [-0.15, -0.1) is 0 Å². The normalized spacial score (nSPS) is 14.0. The maximum Gasteiger partial charge on any atom is 0.275 e. The number of amides is 2. The Morgan fingerprint density at radius 2 is 1.93 bits per heavy atom. The number of hydrogen-bond donors (Lipinski definition) is 1. The summed E-state index contributed by atoms with van der Waals surface area (Å²) in [5.41, 5.74) is 1.20. The summed E-state index contributed by atoms with van der Waals surface area (Å²) in [6.07, 6.45) is 2.05. The highest BCUT2D eigenvalue weighted by Crippen LogP contribution is 2.21. The lowest BCUT2D eigenvalue weighted by atomic mass is 10.2. The van der Waals surface area contributed by atoms with Gasteiger partial charge in [0.25, 0.3) is 5.91 Å². The second kappa shape index (κ2) is 7.26. The van der Waals surface area contributed by atoms with E-state index in [0.717, 1.165) is 42.6 Å². The average Bonchev–Trinajstić information content (AvgIpc) is 3.40. The first-order valence-corrected chi connectivity index (χ1v) is 9.18. The molecule has 27 heavy (non-hydrogen) atoms. The lowest BCUT2D eigenvalue weighted by Gasteiger charge is -2.13. The number of furan rings is 1. The van der Waals surface area contributed by atoms with Crippen LogP contribution in [-0.2, 0) is 17.9 Å². The minimum Gasteiger partial charge on any atom is -0.465 e. The molecule has 0 unspecified atom stereocenters. The number of para-hydroxylation sites is 1. The van der Waals surface area contributed by atoms with Crippen LogP contribution in [-0.4, -0.2) is 39.6 Å². The molecule has 3 heterocycles. The Kier molecular flexibility index (Phi) is 4.66. The Labute approximate surface area is 156 Å². The molecule has 4 rings (SSSR count). The van der Waals surface area contributed by atoms with Crippen LogP contribution in [0.3, 0.4) is 0 Å². The van der Waals surface area contributed by atoms with Crippen molar-refractivity contribution >= 4 is 22.7 Å². The zero-order chi connectivity index (χ0) is 18.8. The molecule has 1 aliphatic rings. The van der Waals surface area contributed by atoms with Gasteiger partial charge in [-0.25, -0.2) is 0 Å². The Hall–Kier alpha value is -3.09. The molecule has 1 aromatic carbocycles. The number of carbonyl (C=O) groups excluding carboxylic acids is 2. The third-order valence-corrected chi connectivity index (χ3v) is 4.80. The lowest BCUT2D eigenvalue weighted by Crippen LogP contribution is -2.29. The minimum atomic E-state index is -0.183. The Morgan fingerprint density at radius 1 is 1.15 bits per heavy atom. The van der Waals surface area contributed by atoms with E-state index < -0.39 is 0 Å². The number of carbonyl (C=O) groups is 2. The van der Waals surface area contributed by atoms with Crippen molar-refractivity contribution in [1.29, 1.82) is 0 Å². The molecule has 140 valence electrons. The van der Waals surface area contributed by atoms with Crippen molar-refractivity contribution in [3.8, 4) is 0 Å².